The van der Waals surface area contributed by atoms with Crippen molar-refractivity contribution in [2.24, 2.45) is 0 Å². The first kappa shape index (κ1) is 13.7. The maximum atomic E-state index is 11.8. The zero-order valence-corrected chi connectivity index (χ0v) is 10.4. The van der Waals surface area contributed by atoms with E-state index in [1.807, 2.05) is 19.1 Å². The molecule has 0 spiro atoms. The molecular formula is C12H14N4O2. The van der Waals surface area contributed by atoms with Crippen molar-refractivity contribution in [3.63, 3.8) is 0 Å². The molecule has 6 nitrogen and oxygen atoms in total. The van der Waals surface area contributed by atoms with Crippen LogP contribution in [0.4, 0.5) is 0 Å². The molecule has 0 radical (unpaired) electrons. The quantitative estimate of drug-likeness (QED) is 0.734. The molecule has 0 bridgehead atoms. The monoisotopic (exact) mass is 246 g/mol. The lowest BCUT2D eigenvalue weighted by Gasteiger charge is -2.16. The minimum Gasteiger partial charge on any atom is -0.464 e. The summed E-state index contributed by atoms with van der Waals surface area (Å²) in [5.41, 5.74) is 0.131. The predicted molar refractivity (Wildman–Crippen MR) is 62.2 cm³/mol. The first-order valence-corrected chi connectivity index (χ1v) is 5.73. The minimum atomic E-state index is -0.598. The predicted octanol–water partition coefficient (Wildman–Crippen LogP) is 1.53. The zero-order chi connectivity index (χ0) is 13.5. The van der Waals surface area contributed by atoms with Gasteiger partial charge in [0, 0.05) is 0 Å². The second-order valence-corrected chi connectivity index (χ2v) is 3.63. The molecule has 1 aromatic rings. The van der Waals surface area contributed by atoms with Crippen LogP contribution in [0.5, 0.6) is 0 Å². The van der Waals surface area contributed by atoms with Gasteiger partial charge in [-0.3, -0.25) is 0 Å². The fraction of sp³-hybridized carbons (Fsp3) is 0.500. The average Bonchev–Trinajstić information content (AvgIpc) is 2.78. The van der Waals surface area contributed by atoms with Gasteiger partial charge in [-0.15, -0.1) is 0 Å². The summed E-state index contributed by atoms with van der Waals surface area (Å²) < 4.78 is 6.39. The molecule has 0 aliphatic carbocycles. The van der Waals surface area contributed by atoms with Gasteiger partial charge in [-0.25, -0.2) is 9.78 Å². The highest BCUT2D eigenvalue weighted by Gasteiger charge is 2.25. The summed E-state index contributed by atoms with van der Waals surface area (Å²) >= 11 is 0. The van der Waals surface area contributed by atoms with Crippen molar-refractivity contribution in [3.8, 4) is 12.1 Å². The van der Waals surface area contributed by atoms with E-state index >= 15 is 0 Å². The summed E-state index contributed by atoms with van der Waals surface area (Å²) in [5.74, 6) is -0.405. The second kappa shape index (κ2) is 6.41. The number of hydrogen-bond donors (Lipinski definition) is 0. The van der Waals surface area contributed by atoms with Crippen LogP contribution in [0.3, 0.4) is 0 Å². The average molecular weight is 246 g/mol. The Kier molecular flexibility index (Phi) is 4.89. The van der Waals surface area contributed by atoms with Crippen molar-refractivity contribution >= 4 is 5.97 Å². The number of hydrogen-bond acceptors (Lipinski definition) is 5. The van der Waals surface area contributed by atoms with Gasteiger partial charge in [0.25, 0.3) is 0 Å². The topological polar surface area (TPSA) is 91.7 Å². The summed E-state index contributed by atoms with van der Waals surface area (Å²) in [4.78, 5) is 15.7. The molecular weight excluding hydrogens is 232 g/mol. The van der Waals surface area contributed by atoms with Crippen LogP contribution in [0.2, 0.25) is 0 Å². The molecule has 1 heterocycles. The molecule has 0 saturated carbocycles. The highest BCUT2D eigenvalue weighted by Crippen LogP contribution is 2.19. The van der Waals surface area contributed by atoms with Crippen molar-refractivity contribution < 1.29 is 9.53 Å². The highest BCUT2D eigenvalue weighted by molar-refractivity contribution is 5.74. The van der Waals surface area contributed by atoms with E-state index in [4.69, 9.17) is 15.3 Å². The lowest BCUT2D eigenvalue weighted by atomic mass is 10.1. The maximum absolute atomic E-state index is 11.8. The zero-order valence-electron chi connectivity index (χ0n) is 10.4. The minimum absolute atomic E-state index is 0.0305. The Morgan fingerprint density at radius 1 is 1.50 bits per heavy atom. The molecule has 0 aromatic carbocycles. The molecule has 1 aromatic heterocycles. The molecule has 0 N–H and O–H groups in total. The van der Waals surface area contributed by atoms with Crippen LogP contribution < -0.4 is 0 Å². The van der Waals surface area contributed by atoms with Crippen molar-refractivity contribution in [2.75, 3.05) is 6.61 Å². The molecule has 1 rings (SSSR count). The second-order valence-electron chi connectivity index (χ2n) is 3.63. The van der Waals surface area contributed by atoms with Crippen LogP contribution in [0.25, 0.3) is 0 Å². The van der Waals surface area contributed by atoms with Crippen molar-refractivity contribution in [2.45, 2.75) is 32.7 Å². The van der Waals surface area contributed by atoms with E-state index in [2.05, 4.69) is 4.98 Å². The van der Waals surface area contributed by atoms with Crippen LogP contribution in [0.1, 0.15) is 44.1 Å². The van der Waals surface area contributed by atoms with Gasteiger partial charge in [-0.05, 0) is 13.3 Å². The molecule has 0 aliphatic heterocycles. The lowest BCUT2D eigenvalue weighted by Crippen LogP contribution is -2.22. The van der Waals surface area contributed by atoms with Gasteiger partial charge in [0.1, 0.15) is 18.2 Å². The smallest absolute Gasteiger partial charge is 0.329 e. The summed E-state index contributed by atoms with van der Waals surface area (Å²) in [7, 11) is 0. The number of rotatable bonds is 5. The van der Waals surface area contributed by atoms with E-state index in [1.54, 1.807) is 6.92 Å². The lowest BCUT2D eigenvalue weighted by molar-refractivity contribution is -0.147. The summed E-state index contributed by atoms with van der Waals surface area (Å²) in [6.07, 6.45) is 2.64. The molecule has 0 fully saturated rings. The molecule has 0 saturated heterocycles. The Hall–Kier alpha value is -2.34. The number of nitrogens with zero attached hydrogens (tertiary/aromatic N) is 4. The first-order valence-electron chi connectivity index (χ1n) is 5.73. The van der Waals surface area contributed by atoms with Gasteiger partial charge in [-0.2, -0.15) is 10.5 Å². The van der Waals surface area contributed by atoms with E-state index in [1.165, 1.54) is 10.9 Å². The molecule has 18 heavy (non-hydrogen) atoms. The molecule has 0 amide bonds. The third kappa shape index (κ3) is 2.67. The van der Waals surface area contributed by atoms with Crippen LogP contribution in [0.15, 0.2) is 6.33 Å². The van der Waals surface area contributed by atoms with Gasteiger partial charge in [0.05, 0.1) is 12.9 Å². The third-order valence-corrected chi connectivity index (χ3v) is 2.46. The SMILES string of the molecule is CCCC(C(=O)OCC)n1cnc(C#N)c1C#N. The molecule has 0 aliphatic rings. The van der Waals surface area contributed by atoms with Gasteiger partial charge >= 0.3 is 5.97 Å². The van der Waals surface area contributed by atoms with Gasteiger partial charge in [-0.1, -0.05) is 13.3 Å². The van der Waals surface area contributed by atoms with Crippen LogP contribution >= 0.6 is 0 Å². The molecule has 94 valence electrons. The van der Waals surface area contributed by atoms with Crippen LogP contribution in [-0.4, -0.2) is 22.1 Å². The fourth-order valence-corrected chi connectivity index (χ4v) is 1.67. The number of imidazole rings is 1. The van der Waals surface area contributed by atoms with Crippen LogP contribution in [-0.2, 0) is 9.53 Å². The Balaban J connectivity index is 3.15. The number of carbonyl (C=O) groups is 1. The first-order chi connectivity index (χ1) is 8.69. The number of carbonyl (C=O) groups excluding carboxylic acids is 1. The summed E-state index contributed by atoms with van der Waals surface area (Å²) in [6, 6.07) is 3.13. The summed E-state index contributed by atoms with van der Waals surface area (Å²) in [6.45, 7) is 3.93. The van der Waals surface area contributed by atoms with Gasteiger partial charge in [0.2, 0.25) is 0 Å². The Bertz CT molecular complexity index is 507. The van der Waals surface area contributed by atoms with E-state index in [0.717, 1.165) is 6.42 Å². The van der Waals surface area contributed by atoms with Gasteiger partial charge in [0.15, 0.2) is 11.4 Å². The molecule has 1 unspecified atom stereocenters. The third-order valence-electron chi connectivity index (χ3n) is 2.46. The Morgan fingerprint density at radius 2 is 2.22 bits per heavy atom. The number of nitriles is 2. The molecule has 1 atom stereocenters. The van der Waals surface area contributed by atoms with E-state index in [9.17, 15) is 4.79 Å². The maximum Gasteiger partial charge on any atom is 0.329 e. The summed E-state index contributed by atoms with van der Waals surface area (Å²) in [5, 5.41) is 17.9. The van der Waals surface area contributed by atoms with E-state index < -0.39 is 12.0 Å². The van der Waals surface area contributed by atoms with Crippen LogP contribution in [0, 0.1) is 22.7 Å². The number of ether oxygens (including phenoxy) is 1. The Morgan fingerprint density at radius 3 is 2.72 bits per heavy atom. The normalized spacial score (nSPS) is 11.3. The van der Waals surface area contributed by atoms with Crippen molar-refractivity contribution in [3.05, 3.63) is 17.7 Å². The number of aromatic nitrogens is 2. The fourth-order valence-electron chi connectivity index (χ4n) is 1.67. The largest absolute Gasteiger partial charge is 0.464 e. The standard InChI is InChI=1S/C12H14N4O2/c1-3-5-10(12(17)18-4-2)16-8-15-9(6-13)11(16)7-14/h8,10H,3-5H2,1-2H3. The highest BCUT2D eigenvalue weighted by atomic mass is 16.5. The van der Waals surface area contributed by atoms with E-state index in [-0.39, 0.29) is 18.0 Å². The van der Waals surface area contributed by atoms with Crippen molar-refractivity contribution in [1.82, 2.24) is 9.55 Å². The molecule has 6 heteroatoms. The Labute approximate surface area is 105 Å². The van der Waals surface area contributed by atoms with Gasteiger partial charge < -0.3 is 9.30 Å². The number of esters is 1. The van der Waals surface area contributed by atoms with E-state index in [0.29, 0.717) is 6.42 Å². The van der Waals surface area contributed by atoms with Crippen molar-refractivity contribution in [1.29, 1.82) is 10.5 Å².